The van der Waals surface area contributed by atoms with Gasteiger partial charge in [0, 0.05) is 37.4 Å². The van der Waals surface area contributed by atoms with Crippen LogP contribution in [-0.4, -0.2) is 40.8 Å². The summed E-state index contributed by atoms with van der Waals surface area (Å²) in [5.41, 5.74) is 2.63. The van der Waals surface area contributed by atoms with Gasteiger partial charge in [0.25, 0.3) is 5.91 Å². The molecule has 6 heteroatoms. The number of aromatic amines is 2. The lowest BCUT2D eigenvalue weighted by molar-refractivity contribution is 0.0952. The first kappa shape index (κ1) is 12.9. The van der Waals surface area contributed by atoms with E-state index in [4.69, 9.17) is 4.74 Å². The van der Waals surface area contributed by atoms with Gasteiger partial charge in [-0.25, -0.2) is 0 Å². The van der Waals surface area contributed by atoms with Crippen molar-refractivity contribution in [3.8, 4) is 0 Å². The predicted molar refractivity (Wildman–Crippen MR) is 73.6 cm³/mol. The molecule has 1 aliphatic heterocycles. The van der Waals surface area contributed by atoms with Crippen LogP contribution in [0, 0.1) is 0 Å². The number of nitrogens with zero attached hydrogens (tertiary/aromatic N) is 1. The van der Waals surface area contributed by atoms with Crippen molar-refractivity contribution in [3.63, 3.8) is 0 Å². The summed E-state index contributed by atoms with van der Waals surface area (Å²) in [7, 11) is 0. The zero-order chi connectivity index (χ0) is 13.8. The number of nitrogens with one attached hydrogen (secondary N) is 3. The number of amides is 1. The van der Waals surface area contributed by atoms with E-state index >= 15 is 0 Å². The molecule has 0 bridgehead atoms. The van der Waals surface area contributed by atoms with Gasteiger partial charge in [0.1, 0.15) is 0 Å². The lowest BCUT2D eigenvalue weighted by Gasteiger charge is -2.08. The Morgan fingerprint density at radius 1 is 1.55 bits per heavy atom. The van der Waals surface area contributed by atoms with Crippen molar-refractivity contribution >= 4 is 5.91 Å². The third-order valence-electron chi connectivity index (χ3n) is 3.59. The molecule has 106 valence electrons. The maximum absolute atomic E-state index is 12.2. The Kier molecular flexibility index (Phi) is 3.83. The predicted octanol–water partition coefficient (Wildman–Crippen LogP) is 1.21. The second kappa shape index (κ2) is 5.92. The fourth-order valence-corrected chi connectivity index (χ4v) is 2.48. The van der Waals surface area contributed by atoms with Gasteiger partial charge in [0.05, 0.1) is 24.1 Å². The summed E-state index contributed by atoms with van der Waals surface area (Å²) in [4.78, 5) is 15.3. The number of carbonyl (C=O) groups excluding carboxylic acids is 1. The second-order valence-corrected chi connectivity index (χ2v) is 4.96. The molecule has 0 spiro atoms. The zero-order valence-electron chi connectivity index (χ0n) is 11.2. The Balaban J connectivity index is 1.58. The molecule has 0 aromatic carbocycles. The summed E-state index contributed by atoms with van der Waals surface area (Å²) in [6, 6.07) is 3.96. The van der Waals surface area contributed by atoms with Crippen LogP contribution in [-0.2, 0) is 11.2 Å². The van der Waals surface area contributed by atoms with Crippen molar-refractivity contribution in [1.82, 2.24) is 20.5 Å². The lowest BCUT2D eigenvalue weighted by Crippen LogP contribution is -2.26. The first-order valence-corrected chi connectivity index (χ1v) is 6.86. The van der Waals surface area contributed by atoms with E-state index in [0.717, 1.165) is 30.8 Å². The molecule has 0 saturated carbocycles. The molecule has 3 rings (SSSR count). The number of ether oxygens (including phenoxy) is 1. The topological polar surface area (TPSA) is 82.8 Å². The molecular formula is C14H18N4O2. The van der Waals surface area contributed by atoms with Gasteiger partial charge in [0.2, 0.25) is 0 Å². The van der Waals surface area contributed by atoms with E-state index in [0.29, 0.717) is 18.7 Å². The largest absolute Gasteiger partial charge is 0.381 e. The number of hydrogen-bond donors (Lipinski definition) is 3. The summed E-state index contributed by atoms with van der Waals surface area (Å²) in [5.74, 6) is 0.175. The van der Waals surface area contributed by atoms with Crippen molar-refractivity contribution in [3.05, 3.63) is 41.5 Å². The molecule has 2 aromatic heterocycles. The highest BCUT2D eigenvalue weighted by molar-refractivity contribution is 5.95. The molecule has 1 saturated heterocycles. The van der Waals surface area contributed by atoms with Crippen molar-refractivity contribution in [2.75, 3.05) is 19.8 Å². The molecule has 20 heavy (non-hydrogen) atoms. The van der Waals surface area contributed by atoms with Gasteiger partial charge in [-0.3, -0.25) is 9.89 Å². The minimum Gasteiger partial charge on any atom is -0.381 e. The number of hydrogen-bond acceptors (Lipinski definition) is 3. The van der Waals surface area contributed by atoms with E-state index in [1.54, 1.807) is 6.20 Å². The second-order valence-electron chi connectivity index (χ2n) is 4.96. The summed E-state index contributed by atoms with van der Waals surface area (Å²) in [6.45, 7) is 2.01. The monoisotopic (exact) mass is 274 g/mol. The highest BCUT2D eigenvalue weighted by Gasteiger charge is 2.24. The van der Waals surface area contributed by atoms with Crippen LogP contribution >= 0.6 is 0 Å². The molecule has 1 fully saturated rings. The molecule has 3 heterocycles. The normalized spacial score (nSPS) is 18.3. The Hall–Kier alpha value is -2.08. The summed E-state index contributed by atoms with van der Waals surface area (Å²) < 4.78 is 5.36. The Morgan fingerprint density at radius 3 is 3.25 bits per heavy atom. The highest BCUT2D eigenvalue weighted by Crippen LogP contribution is 2.25. The van der Waals surface area contributed by atoms with Gasteiger partial charge in [-0.05, 0) is 18.6 Å². The van der Waals surface area contributed by atoms with Crippen LogP contribution in [0.3, 0.4) is 0 Å². The van der Waals surface area contributed by atoms with Crippen LogP contribution in [0.1, 0.15) is 34.1 Å². The number of H-pyrrole nitrogens is 2. The van der Waals surface area contributed by atoms with Crippen LogP contribution < -0.4 is 5.32 Å². The molecular weight excluding hydrogens is 256 g/mol. The number of carbonyl (C=O) groups is 1. The van der Waals surface area contributed by atoms with Crippen LogP contribution in [0.4, 0.5) is 0 Å². The molecule has 2 aromatic rings. The van der Waals surface area contributed by atoms with Gasteiger partial charge >= 0.3 is 0 Å². The molecule has 6 nitrogen and oxygen atoms in total. The molecule has 1 atom stereocenters. The van der Waals surface area contributed by atoms with E-state index < -0.39 is 0 Å². The third-order valence-corrected chi connectivity index (χ3v) is 3.59. The quantitative estimate of drug-likeness (QED) is 0.766. The number of rotatable bonds is 5. The summed E-state index contributed by atoms with van der Waals surface area (Å²) >= 11 is 0. The van der Waals surface area contributed by atoms with E-state index in [1.807, 2.05) is 18.3 Å². The molecule has 1 amide bonds. The Labute approximate surface area is 116 Å². The first-order chi connectivity index (χ1) is 9.84. The summed E-state index contributed by atoms with van der Waals surface area (Å²) in [5, 5.41) is 9.86. The van der Waals surface area contributed by atoms with E-state index in [9.17, 15) is 4.79 Å². The van der Waals surface area contributed by atoms with Gasteiger partial charge in [-0.1, -0.05) is 0 Å². The summed E-state index contributed by atoms with van der Waals surface area (Å²) in [6.07, 6.45) is 5.20. The standard InChI is InChI=1S/C14H18N4O2/c19-14(16-6-3-11-2-1-5-15-11)12-8-17-18-13(12)10-4-7-20-9-10/h1-2,5,8,10,15H,3-4,6-7,9H2,(H,16,19)(H,17,18)/t10-/m1/s1. The van der Waals surface area contributed by atoms with Crippen LogP contribution in [0.5, 0.6) is 0 Å². The van der Waals surface area contributed by atoms with Gasteiger partial charge in [-0.15, -0.1) is 0 Å². The van der Waals surface area contributed by atoms with Crippen molar-refractivity contribution < 1.29 is 9.53 Å². The molecule has 0 radical (unpaired) electrons. The molecule has 3 N–H and O–H groups in total. The van der Waals surface area contributed by atoms with Gasteiger partial charge in [-0.2, -0.15) is 5.10 Å². The smallest absolute Gasteiger partial charge is 0.254 e. The van der Waals surface area contributed by atoms with Crippen LogP contribution in [0.15, 0.2) is 24.5 Å². The Bertz CT molecular complexity index is 556. The molecule has 0 aliphatic carbocycles. The van der Waals surface area contributed by atoms with E-state index in [1.165, 1.54) is 0 Å². The minimum atomic E-state index is -0.0767. The fourth-order valence-electron chi connectivity index (χ4n) is 2.48. The first-order valence-electron chi connectivity index (χ1n) is 6.86. The third kappa shape index (κ3) is 2.75. The van der Waals surface area contributed by atoms with Crippen molar-refractivity contribution in [1.29, 1.82) is 0 Å². The average Bonchev–Trinajstić information content (AvgIpc) is 3.19. The van der Waals surface area contributed by atoms with Gasteiger partial charge < -0.3 is 15.0 Å². The van der Waals surface area contributed by atoms with Gasteiger partial charge in [0.15, 0.2) is 0 Å². The van der Waals surface area contributed by atoms with E-state index in [2.05, 4.69) is 20.5 Å². The highest BCUT2D eigenvalue weighted by atomic mass is 16.5. The lowest BCUT2D eigenvalue weighted by atomic mass is 10.0. The average molecular weight is 274 g/mol. The van der Waals surface area contributed by atoms with Crippen LogP contribution in [0.2, 0.25) is 0 Å². The fraction of sp³-hybridized carbons (Fsp3) is 0.429. The number of aromatic nitrogens is 3. The van der Waals surface area contributed by atoms with Crippen LogP contribution in [0.25, 0.3) is 0 Å². The van der Waals surface area contributed by atoms with Crippen molar-refractivity contribution in [2.24, 2.45) is 0 Å². The molecule has 0 unspecified atom stereocenters. The molecule has 1 aliphatic rings. The Morgan fingerprint density at radius 2 is 2.50 bits per heavy atom. The zero-order valence-corrected chi connectivity index (χ0v) is 11.2. The van der Waals surface area contributed by atoms with E-state index in [-0.39, 0.29) is 11.8 Å². The maximum Gasteiger partial charge on any atom is 0.254 e. The SMILES string of the molecule is O=C(NCCc1ccc[nH]1)c1cn[nH]c1[C@@H]1CCOC1. The minimum absolute atomic E-state index is 0.0767. The van der Waals surface area contributed by atoms with Crippen molar-refractivity contribution in [2.45, 2.75) is 18.8 Å². The maximum atomic E-state index is 12.2.